The zero-order valence-electron chi connectivity index (χ0n) is 10.4. The molecule has 0 saturated heterocycles. The van der Waals surface area contributed by atoms with Crippen molar-refractivity contribution in [1.82, 2.24) is 15.0 Å². The first kappa shape index (κ1) is 12.8. The van der Waals surface area contributed by atoms with E-state index < -0.39 is 9.84 Å². The van der Waals surface area contributed by atoms with Gasteiger partial charge in [0.05, 0.1) is 16.3 Å². The average molecular weight is 265 g/mol. The normalized spacial score (nSPS) is 11.7. The van der Waals surface area contributed by atoms with Gasteiger partial charge in [-0.15, -0.1) is 5.10 Å². The molecule has 0 fully saturated rings. The van der Waals surface area contributed by atoms with E-state index in [-0.39, 0.29) is 5.75 Å². The molecular weight excluding hydrogens is 250 g/mol. The summed E-state index contributed by atoms with van der Waals surface area (Å²) in [6, 6.07) is 6.88. The molecule has 0 N–H and O–H groups in total. The molecule has 0 bridgehead atoms. The molecular formula is C12H15N3O2S. The SMILES string of the molecule is Cc1ccc(S(=O)(=O)CCc2cn(C)nn2)cc1. The van der Waals surface area contributed by atoms with Crippen LogP contribution in [-0.2, 0) is 23.3 Å². The minimum Gasteiger partial charge on any atom is -0.255 e. The van der Waals surface area contributed by atoms with Crippen molar-refractivity contribution in [1.29, 1.82) is 0 Å². The third-order valence-electron chi connectivity index (χ3n) is 2.66. The molecule has 0 unspecified atom stereocenters. The molecule has 0 radical (unpaired) electrons. The van der Waals surface area contributed by atoms with Gasteiger partial charge in [-0.1, -0.05) is 22.9 Å². The maximum Gasteiger partial charge on any atom is 0.178 e. The van der Waals surface area contributed by atoms with Gasteiger partial charge in [0.2, 0.25) is 0 Å². The van der Waals surface area contributed by atoms with Crippen LogP contribution in [0, 0.1) is 6.92 Å². The van der Waals surface area contributed by atoms with E-state index in [1.54, 1.807) is 42.2 Å². The van der Waals surface area contributed by atoms with Crippen LogP contribution in [0.25, 0.3) is 0 Å². The molecule has 0 aliphatic heterocycles. The third-order valence-corrected chi connectivity index (χ3v) is 4.39. The van der Waals surface area contributed by atoms with Crippen LogP contribution in [0.4, 0.5) is 0 Å². The van der Waals surface area contributed by atoms with E-state index in [1.165, 1.54) is 0 Å². The molecule has 6 heteroatoms. The van der Waals surface area contributed by atoms with Crippen LogP contribution >= 0.6 is 0 Å². The fraction of sp³-hybridized carbons (Fsp3) is 0.333. The van der Waals surface area contributed by atoms with Crippen LogP contribution in [-0.4, -0.2) is 29.2 Å². The van der Waals surface area contributed by atoms with Crippen molar-refractivity contribution in [3.05, 3.63) is 41.7 Å². The first-order valence-corrected chi connectivity index (χ1v) is 7.27. The molecule has 1 aromatic carbocycles. The molecule has 0 amide bonds. The summed E-state index contributed by atoms with van der Waals surface area (Å²) in [6.07, 6.45) is 2.11. The lowest BCUT2D eigenvalue weighted by Gasteiger charge is -2.03. The van der Waals surface area contributed by atoms with Crippen molar-refractivity contribution in [2.24, 2.45) is 7.05 Å². The first-order valence-electron chi connectivity index (χ1n) is 5.62. The Morgan fingerprint density at radius 3 is 2.44 bits per heavy atom. The predicted octanol–water partition coefficient (Wildman–Crippen LogP) is 1.14. The van der Waals surface area contributed by atoms with Gasteiger partial charge in [0.15, 0.2) is 9.84 Å². The Bertz CT molecular complexity index is 630. The predicted molar refractivity (Wildman–Crippen MR) is 67.9 cm³/mol. The van der Waals surface area contributed by atoms with E-state index >= 15 is 0 Å². The number of hydrogen-bond donors (Lipinski definition) is 0. The summed E-state index contributed by atoms with van der Waals surface area (Å²) < 4.78 is 25.7. The Balaban J connectivity index is 2.10. The molecule has 1 aromatic heterocycles. The summed E-state index contributed by atoms with van der Waals surface area (Å²) >= 11 is 0. The molecule has 0 spiro atoms. The van der Waals surface area contributed by atoms with Crippen molar-refractivity contribution in [2.75, 3.05) is 5.75 Å². The third kappa shape index (κ3) is 2.95. The summed E-state index contributed by atoms with van der Waals surface area (Å²) in [7, 11) is -1.49. The van der Waals surface area contributed by atoms with Crippen LogP contribution in [0.2, 0.25) is 0 Å². The quantitative estimate of drug-likeness (QED) is 0.831. The Hall–Kier alpha value is -1.69. The topological polar surface area (TPSA) is 64.8 Å². The van der Waals surface area contributed by atoms with Crippen LogP contribution in [0.1, 0.15) is 11.3 Å². The molecule has 0 aliphatic rings. The highest BCUT2D eigenvalue weighted by molar-refractivity contribution is 7.91. The number of nitrogens with zero attached hydrogens (tertiary/aromatic N) is 3. The fourth-order valence-corrected chi connectivity index (χ4v) is 2.88. The van der Waals surface area contributed by atoms with Gasteiger partial charge >= 0.3 is 0 Å². The zero-order chi connectivity index (χ0) is 13.2. The lowest BCUT2D eigenvalue weighted by atomic mass is 10.2. The van der Waals surface area contributed by atoms with Gasteiger partial charge in [-0.05, 0) is 19.1 Å². The Morgan fingerprint density at radius 2 is 1.89 bits per heavy atom. The summed E-state index contributed by atoms with van der Waals surface area (Å²) in [6.45, 7) is 1.93. The summed E-state index contributed by atoms with van der Waals surface area (Å²) in [5.74, 6) is 0.0504. The lowest BCUT2D eigenvalue weighted by molar-refractivity contribution is 0.595. The monoisotopic (exact) mass is 265 g/mol. The smallest absolute Gasteiger partial charge is 0.178 e. The molecule has 2 aromatic rings. The molecule has 1 heterocycles. The standard InChI is InChI=1S/C12H15N3O2S/c1-10-3-5-12(6-4-10)18(16,17)8-7-11-9-15(2)14-13-11/h3-6,9H,7-8H2,1-2H3. The first-order chi connectivity index (χ1) is 8.47. The Morgan fingerprint density at radius 1 is 1.22 bits per heavy atom. The Labute approximate surface area is 106 Å². The second-order valence-electron chi connectivity index (χ2n) is 4.27. The lowest BCUT2D eigenvalue weighted by Crippen LogP contribution is -2.09. The van der Waals surface area contributed by atoms with Crippen molar-refractivity contribution in [3.8, 4) is 0 Å². The second kappa shape index (κ2) is 4.89. The molecule has 2 rings (SSSR count). The highest BCUT2D eigenvalue weighted by atomic mass is 32.2. The highest BCUT2D eigenvalue weighted by Gasteiger charge is 2.15. The summed E-state index contributed by atoms with van der Waals surface area (Å²) in [4.78, 5) is 0.358. The van der Waals surface area contributed by atoms with E-state index in [9.17, 15) is 8.42 Å². The molecule has 0 aliphatic carbocycles. The van der Waals surface area contributed by atoms with E-state index in [4.69, 9.17) is 0 Å². The van der Waals surface area contributed by atoms with Crippen LogP contribution in [0.15, 0.2) is 35.4 Å². The van der Waals surface area contributed by atoms with Crippen LogP contribution in [0.3, 0.4) is 0 Å². The molecule has 0 saturated carbocycles. The van der Waals surface area contributed by atoms with Gasteiger partial charge in [0.25, 0.3) is 0 Å². The minimum absolute atomic E-state index is 0.0504. The highest BCUT2D eigenvalue weighted by Crippen LogP contribution is 2.13. The van der Waals surface area contributed by atoms with E-state index in [2.05, 4.69) is 10.3 Å². The minimum atomic E-state index is -3.24. The number of aryl methyl sites for hydroxylation is 3. The van der Waals surface area contributed by atoms with Crippen LogP contribution < -0.4 is 0 Å². The molecule has 0 atom stereocenters. The number of aromatic nitrogens is 3. The van der Waals surface area contributed by atoms with Gasteiger partial charge in [-0.3, -0.25) is 4.68 Å². The average Bonchev–Trinajstić information content (AvgIpc) is 2.73. The van der Waals surface area contributed by atoms with Gasteiger partial charge in [-0.2, -0.15) is 0 Å². The largest absolute Gasteiger partial charge is 0.255 e. The van der Waals surface area contributed by atoms with Crippen molar-refractivity contribution < 1.29 is 8.42 Å². The number of benzene rings is 1. The number of hydrogen-bond acceptors (Lipinski definition) is 4. The fourth-order valence-electron chi connectivity index (χ4n) is 1.61. The van der Waals surface area contributed by atoms with Crippen molar-refractivity contribution in [3.63, 3.8) is 0 Å². The summed E-state index contributed by atoms with van der Waals surface area (Å²) in [5.41, 5.74) is 1.73. The second-order valence-corrected chi connectivity index (χ2v) is 6.37. The van der Waals surface area contributed by atoms with Gasteiger partial charge in [0.1, 0.15) is 0 Å². The Kier molecular flexibility index (Phi) is 3.47. The molecule has 5 nitrogen and oxygen atoms in total. The van der Waals surface area contributed by atoms with Crippen LogP contribution in [0.5, 0.6) is 0 Å². The summed E-state index contributed by atoms with van der Waals surface area (Å²) in [5, 5.41) is 7.65. The zero-order valence-corrected chi connectivity index (χ0v) is 11.2. The van der Waals surface area contributed by atoms with Gasteiger partial charge in [-0.25, -0.2) is 8.42 Å². The van der Waals surface area contributed by atoms with E-state index in [1.807, 2.05) is 6.92 Å². The van der Waals surface area contributed by atoms with Gasteiger partial charge in [0, 0.05) is 19.7 Å². The van der Waals surface area contributed by atoms with Crippen molar-refractivity contribution >= 4 is 9.84 Å². The molecule has 18 heavy (non-hydrogen) atoms. The van der Waals surface area contributed by atoms with E-state index in [0.29, 0.717) is 17.0 Å². The molecule has 96 valence electrons. The van der Waals surface area contributed by atoms with Crippen molar-refractivity contribution in [2.45, 2.75) is 18.2 Å². The number of rotatable bonds is 4. The van der Waals surface area contributed by atoms with E-state index in [0.717, 1.165) is 5.56 Å². The number of sulfone groups is 1. The maximum atomic E-state index is 12.1. The van der Waals surface area contributed by atoms with Gasteiger partial charge < -0.3 is 0 Å². The maximum absolute atomic E-state index is 12.1.